The van der Waals surface area contributed by atoms with Crippen molar-refractivity contribution in [1.82, 2.24) is 4.57 Å². The molecule has 2 nitrogen and oxygen atoms in total. The lowest BCUT2D eigenvalue weighted by Crippen LogP contribution is -2.24. The van der Waals surface area contributed by atoms with E-state index in [1.807, 2.05) is 25.4 Å². The Balaban J connectivity index is 2.12. The van der Waals surface area contributed by atoms with E-state index in [2.05, 4.69) is 23.6 Å². The lowest BCUT2D eigenvalue weighted by atomic mass is 9.81. The van der Waals surface area contributed by atoms with Crippen molar-refractivity contribution in [2.45, 2.75) is 32.6 Å². The number of Topliss-reactive ketones (excluding diaryl/α,β-unsaturated/α-hetero) is 1. The maximum Gasteiger partial charge on any atom is 0.170 e. The van der Waals surface area contributed by atoms with Gasteiger partial charge in [0, 0.05) is 35.1 Å². The van der Waals surface area contributed by atoms with E-state index in [4.69, 9.17) is 0 Å². The highest BCUT2D eigenvalue weighted by Gasteiger charge is 2.37. The van der Waals surface area contributed by atoms with E-state index in [-0.39, 0.29) is 5.41 Å². The summed E-state index contributed by atoms with van der Waals surface area (Å²) >= 11 is 0. The Kier molecular flexibility index (Phi) is 2.54. The van der Waals surface area contributed by atoms with E-state index in [0.717, 1.165) is 29.3 Å². The molecule has 1 aliphatic carbocycles. The monoisotopic (exact) mass is 241 g/mol. The normalized spacial score (nSPS) is 18.3. The first-order valence-electron chi connectivity index (χ1n) is 6.71. The quantitative estimate of drug-likeness (QED) is 0.730. The van der Waals surface area contributed by atoms with Gasteiger partial charge in [-0.1, -0.05) is 38.0 Å². The number of hydrogen-bond donors (Lipinski definition) is 0. The summed E-state index contributed by atoms with van der Waals surface area (Å²) in [6.07, 6.45) is 6.45. The summed E-state index contributed by atoms with van der Waals surface area (Å²) in [4.78, 5) is 12.8. The summed E-state index contributed by atoms with van der Waals surface area (Å²) < 4.78 is 2.06. The molecule has 0 unspecified atom stereocenters. The van der Waals surface area contributed by atoms with Gasteiger partial charge in [0.05, 0.1) is 0 Å². The predicted octanol–water partition coefficient (Wildman–Crippen LogP) is 3.94. The summed E-state index contributed by atoms with van der Waals surface area (Å²) in [6.45, 7) is 2.13. The highest BCUT2D eigenvalue weighted by Crippen LogP contribution is 2.41. The molecule has 18 heavy (non-hydrogen) atoms. The molecule has 1 heterocycles. The van der Waals surface area contributed by atoms with Crippen LogP contribution < -0.4 is 0 Å². The molecule has 0 radical (unpaired) electrons. The Labute approximate surface area is 108 Å². The number of para-hydroxylation sites is 1. The van der Waals surface area contributed by atoms with Crippen LogP contribution in [-0.4, -0.2) is 10.4 Å². The maximum atomic E-state index is 12.8. The third-order valence-corrected chi connectivity index (χ3v) is 4.40. The van der Waals surface area contributed by atoms with Crippen molar-refractivity contribution in [3.05, 3.63) is 36.0 Å². The molecule has 1 aromatic carbocycles. The summed E-state index contributed by atoms with van der Waals surface area (Å²) in [5.41, 5.74) is 1.91. The van der Waals surface area contributed by atoms with E-state index in [1.165, 1.54) is 12.8 Å². The number of benzene rings is 1. The summed E-state index contributed by atoms with van der Waals surface area (Å²) in [5.74, 6) is 0.330. The zero-order valence-corrected chi connectivity index (χ0v) is 11.1. The van der Waals surface area contributed by atoms with Crippen molar-refractivity contribution in [2.24, 2.45) is 12.5 Å². The Hall–Kier alpha value is -1.57. The van der Waals surface area contributed by atoms with Gasteiger partial charge in [0.15, 0.2) is 5.78 Å². The zero-order valence-electron chi connectivity index (χ0n) is 11.1. The van der Waals surface area contributed by atoms with E-state index < -0.39 is 0 Å². The third-order valence-electron chi connectivity index (χ3n) is 4.40. The predicted molar refractivity (Wildman–Crippen MR) is 73.8 cm³/mol. The fourth-order valence-corrected chi connectivity index (χ4v) is 3.23. The van der Waals surface area contributed by atoms with Crippen molar-refractivity contribution in [3.8, 4) is 0 Å². The average molecular weight is 241 g/mol. The summed E-state index contributed by atoms with van der Waals surface area (Å²) in [7, 11) is 2.01. The number of aryl methyl sites for hydroxylation is 1. The zero-order chi connectivity index (χ0) is 12.8. The average Bonchev–Trinajstić information content (AvgIpc) is 2.95. The van der Waals surface area contributed by atoms with Crippen LogP contribution in [0.3, 0.4) is 0 Å². The van der Waals surface area contributed by atoms with Gasteiger partial charge >= 0.3 is 0 Å². The van der Waals surface area contributed by atoms with Gasteiger partial charge in [-0.25, -0.2) is 0 Å². The van der Waals surface area contributed by atoms with Crippen LogP contribution in [0.1, 0.15) is 43.0 Å². The van der Waals surface area contributed by atoms with Crippen molar-refractivity contribution in [3.63, 3.8) is 0 Å². The van der Waals surface area contributed by atoms with Gasteiger partial charge in [0.1, 0.15) is 0 Å². The summed E-state index contributed by atoms with van der Waals surface area (Å²) in [5, 5.41) is 1.10. The van der Waals surface area contributed by atoms with Gasteiger partial charge in [-0.15, -0.1) is 0 Å². The fraction of sp³-hybridized carbons (Fsp3) is 0.438. The van der Waals surface area contributed by atoms with Crippen molar-refractivity contribution in [2.75, 3.05) is 0 Å². The van der Waals surface area contributed by atoms with E-state index >= 15 is 0 Å². The van der Waals surface area contributed by atoms with E-state index in [0.29, 0.717) is 5.78 Å². The lowest BCUT2D eigenvalue weighted by molar-refractivity contribution is 0.0825. The largest absolute Gasteiger partial charge is 0.350 e. The van der Waals surface area contributed by atoms with Gasteiger partial charge in [0.2, 0.25) is 0 Å². The Bertz CT molecular complexity index is 603. The first-order valence-corrected chi connectivity index (χ1v) is 6.71. The lowest BCUT2D eigenvalue weighted by Gasteiger charge is -2.21. The number of nitrogens with zero attached hydrogens (tertiary/aromatic N) is 1. The Morgan fingerprint density at radius 1 is 1.22 bits per heavy atom. The number of rotatable bonds is 2. The highest BCUT2D eigenvalue weighted by molar-refractivity contribution is 6.10. The highest BCUT2D eigenvalue weighted by atomic mass is 16.1. The van der Waals surface area contributed by atoms with Crippen molar-refractivity contribution < 1.29 is 4.79 Å². The second kappa shape index (κ2) is 3.98. The van der Waals surface area contributed by atoms with Crippen LogP contribution in [0.25, 0.3) is 10.9 Å². The van der Waals surface area contributed by atoms with E-state index in [1.54, 1.807) is 0 Å². The summed E-state index contributed by atoms with van der Waals surface area (Å²) in [6, 6.07) is 8.16. The molecule has 0 saturated heterocycles. The van der Waals surface area contributed by atoms with E-state index in [9.17, 15) is 4.79 Å². The molecule has 1 fully saturated rings. The van der Waals surface area contributed by atoms with Crippen LogP contribution in [0.15, 0.2) is 30.5 Å². The third kappa shape index (κ3) is 1.59. The number of carbonyl (C=O) groups excluding carboxylic acids is 1. The molecule has 1 saturated carbocycles. The van der Waals surface area contributed by atoms with Gasteiger partial charge < -0.3 is 4.57 Å². The Morgan fingerprint density at radius 3 is 2.61 bits per heavy atom. The van der Waals surface area contributed by atoms with Crippen molar-refractivity contribution >= 4 is 16.7 Å². The second-order valence-corrected chi connectivity index (χ2v) is 5.77. The molecule has 0 N–H and O–H groups in total. The van der Waals surface area contributed by atoms with Gasteiger partial charge in [-0.2, -0.15) is 0 Å². The molecule has 0 aliphatic heterocycles. The van der Waals surface area contributed by atoms with Crippen LogP contribution >= 0.6 is 0 Å². The smallest absolute Gasteiger partial charge is 0.170 e. The number of ketones is 1. The number of aromatic nitrogens is 1. The molecular formula is C16H19NO. The van der Waals surface area contributed by atoms with Crippen LogP contribution in [-0.2, 0) is 7.05 Å². The minimum Gasteiger partial charge on any atom is -0.350 e. The van der Waals surface area contributed by atoms with Gasteiger partial charge in [-0.05, 0) is 18.9 Å². The van der Waals surface area contributed by atoms with Crippen LogP contribution in [0, 0.1) is 5.41 Å². The molecule has 94 valence electrons. The topological polar surface area (TPSA) is 22.0 Å². The number of hydrogen-bond acceptors (Lipinski definition) is 1. The van der Waals surface area contributed by atoms with Crippen molar-refractivity contribution in [1.29, 1.82) is 0 Å². The number of carbonyl (C=O) groups is 1. The molecule has 0 amide bonds. The second-order valence-electron chi connectivity index (χ2n) is 5.77. The van der Waals surface area contributed by atoms with Gasteiger partial charge in [-0.3, -0.25) is 4.79 Å². The first kappa shape index (κ1) is 11.5. The Morgan fingerprint density at radius 2 is 1.89 bits per heavy atom. The standard InChI is InChI=1S/C16H19NO/c1-16(9-5-6-10-16)15(18)13-11-17(2)14-8-4-3-7-12(13)14/h3-4,7-8,11H,5-6,9-10H2,1-2H3. The molecule has 2 aromatic rings. The van der Waals surface area contributed by atoms with Crippen LogP contribution in [0.2, 0.25) is 0 Å². The molecule has 0 spiro atoms. The molecular weight excluding hydrogens is 222 g/mol. The molecule has 1 aromatic heterocycles. The molecule has 2 heteroatoms. The molecule has 1 aliphatic rings. The van der Waals surface area contributed by atoms with Gasteiger partial charge in [0.25, 0.3) is 0 Å². The van der Waals surface area contributed by atoms with Crippen LogP contribution in [0.5, 0.6) is 0 Å². The maximum absolute atomic E-state index is 12.8. The SMILES string of the molecule is Cn1cc(C(=O)C2(C)CCCC2)c2ccccc21. The molecule has 0 atom stereocenters. The minimum atomic E-state index is -0.135. The number of fused-ring (bicyclic) bond motifs is 1. The molecule has 0 bridgehead atoms. The first-order chi connectivity index (χ1) is 8.62. The minimum absolute atomic E-state index is 0.135. The van der Waals surface area contributed by atoms with Crippen LogP contribution in [0.4, 0.5) is 0 Å². The molecule has 3 rings (SSSR count). The fourth-order valence-electron chi connectivity index (χ4n) is 3.23.